The summed E-state index contributed by atoms with van der Waals surface area (Å²) in [4.78, 5) is 6.78. The van der Waals surface area contributed by atoms with E-state index < -0.39 is 0 Å². The Bertz CT molecular complexity index is 336. The zero-order valence-corrected chi connectivity index (χ0v) is 12.6. The summed E-state index contributed by atoms with van der Waals surface area (Å²) in [6.07, 6.45) is 7.76. The smallest absolute Gasteiger partial charge is 0.0557 e. The molecule has 1 spiro atoms. The van der Waals surface area contributed by atoms with Gasteiger partial charge >= 0.3 is 0 Å². The summed E-state index contributed by atoms with van der Waals surface area (Å²) in [6.45, 7) is 3.49. The lowest BCUT2D eigenvalue weighted by atomic mass is 9.95. The minimum Gasteiger partial charge on any atom is -0.363 e. The molecule has 2 fully saturated rings. The molecule has 6 heteroatoms. The van der Waals surface area contributed by atoms with E-state index in [1.807, 2.05) is 18.5 Å². The van der Waals surface area contributed by atoms with Gasteiger partial charge in [-0.05, 0) is 37.9 Å². The van der Waals surface area contributed by atoms with Gasteiger partial charge in [-0.15, -0.1) is 37.2 Å². The van der Waals surface area contributed by atoms with Crippen molar-refractivity contribution in [2.45, 2.75) is 24.8 Å². The van der Waals surface area contributed by atoms with Gasteiger partial charge in [0.05, 0.1) is 17.4 Å². The molecule has 2 aliphatic heterocycles. The van der Waals surface area contributed by atoms with Gasteiger partial charge in [-0.3, -0.25) is 4.98 Å². The number of anilines is 1. The summed E-state index contributed by atoms with van der Waals surface area (Å²) in [5, 5.41) is 3.49. The number of rotatable bonds is 1. The third-order valence-corrected chi connectivity index (χ3v) is 3.78. The van der Waals surface area contributed by atoms with Crippen LogP contribution in [-0.4, -0.2) is 30.2 Å². The number of nitrogens with one attached hydrogen (secondary N) is 1. The van der Waals surface area contributed by atoms with Crippen LogP contribution in [0.4, 0.5) is 5.69 Å². The number of halogens is 3. The van der Waals surface area contributed by atoms with Crippen LogP contribution >= 0.6 is 37.2 Å². The van der Waals surface area contributed by atoms with Crippen LogP contribution in [0.25, 0.3) is 0 Å². The van der Waals surface area contributed by atoms with Crippen molar-refractivity contribution in [3.63, 3.8) is 0 Å². The summed E-state index contributed by atoms with van der Waals surface area (Å²) >= 11 is 0. The first-order valence-corrected chi connectivity index (χ1v) is 5.79. The Morgan fingerprint density at radius 3 is 2.67 bits per heavy atom. The number of hydrogen-bond acceptors (Lipinski definition) is 3. The standard InChI is InChI=1S/C12H17N3.3ClH/c1-3-11(9-13-6-1)15-8-2-4-12(15)5-7-14-10-12;;;/h1,3,6,9,14H,2,4-5,7-8,10H2;3*1H. The maximum Gasteiger partial charge on any atom is 0.0557 e. The lowest BCUT2D eigenvalue weighted by Crippen LogP contribution is -2.45. The van der Waals surface area contributed by atoms with E-state index in [9.17, 15) is 0 Å². The molecule has 1 unspecified atom stereocenters. The largest absolute Gasteiger partial charge is 0.363 e. The summed E-state index contributed by atoms with van der Waals surface area (Å²) in [5.41, 5.74) is 1.68. The van der Waals surface area contributed by atoms with Gasteiger partial charge in [0, 0.05) is 19.3 Å². The molecule has 3 heterocycles. The molecule has 2 aliphatic rings. The third-order valence-electron chi connectivity index (χ3n) is 3.78. The van der Waals surface area contributed by atoms with E-state index in [-0.39, 0.29) is 37.2 Å². The molecule has 1 N–H and O–H groups in total. The lowest BCUT2D eigenvalue weighted by Gasteiger charge is -2.36. The molecule has 0 aliphatic carbocycles. The highest BCUT2D eigenvalue weighted by Crippen LogP contribution is 2.37. The van der Waals surface area contributed by atoms with Crippen LogP contribution < -0.4 is 10.2 Å². The normalized spacial score (nSPS) is 25.2. The molecule has 18 heavy (non-hydrogen) atoms. The van der Waals surface area contributed by atoms with Crippen molar-refractivity contribution in [2.75, 3.05) is 24.5 Å². The summed E-state index contributed by atoms with van der Waals surface area (Å²) < 4.78 is 0. The van der Waals surface area contributed by atoms with E-state index in [1.165, 1.54) is 31.5 Å². The quantitative estimate of drug-likeness (QED) is 0.864. The first kappa shape index (κ1) is 17.8. The van der Waals surface area contributed by atoms with E-state index in [1.54, 1.807) is 0 Å². The van der Waals surface area contributed by atoms with Crippen LogP contribution in [0.5, 0.6) is 0 Å². The van der Waals surface area contributed by atoms with Crippen LogP contribution in [-0.2, 0) is 0 Å². The predicted molar refractivity (Wildman–Crippen MR) is 82.8 cm³/mol. The van der Waals surface area contributed by atoms with Gasteiger partial charge in [-0.2, -0.15) is 0 Å². The maximum absolute atomic E-state index is 4.22. The first-order valence-electron chi connectivity index (χ1n) is 5.79. The van der Waals surface area contributed by atoms with E-state index >= 15 is 0 Å². The Hall–Kier alpha value is -0.220. The van der Waals surface area contributed by atoms with Gasteiger partial charge in [-0.1, -0.05) is 0 Å². The van der Waals surface area contributed by atoms with E-state index in [0.29, 0.717) is 5.54 Å². The fourth-order valence-electron chi connectivity index (χ4n) is 3.03. The number of nitrogens with zero attached hydrogens (tertiary/aromatic N) is 2. The Morgan fingerprint density at radius 2 is 2.06 bits per heavy atom. The second-order valence-electron chi connectivity index (χ2n) is 4.62. The van der Waals surface area contributed by atoms with Gasteiger partial charge in [0.25, 0.3) is 0 Å². The van der Waals surface area contributed by atoms with Crippen molar-refractivity contribution in [3.05, 3.63) is 24.5 Å². The topological polar surface area (TPSA) is 28.2 Å². The van der Waals surface area contributed by atoms with Crippen molar-refractivity contribution in [1.82, 2.24) is 10.3 Å². The zero-order chi connectivity index (χ0) is 10.1. The molecule has 0 bridgehead atoms. The molecule has 0 radical (unpaired) electrons. The Morgan fingerprint density at radius 1 is 1.22 bits per heavy atom. The van der Waals surface area contributed by atoms with Crippen molar-refractivity contribution in [2.24, 2.45) is 0 Å². The minimum absolute atomic E-state index is 0. The fraction of sp³-hybridized carbons (Fsp3) is 0.583. The van der Waals surface area contributed by atoms with Crippen LogP contribution in [0.15, 0.2) is 24.5 Å². The fourth-order valence-corrected chi connectivity index (χ4v) is 3.03. The molecule has 0 saturated carbocycles. The minimum atomic E-state index is 0. The van der Waals surface area contributed by atoms with Gasteiger partial charge in [0.2, 0.25) is 0 Å². The number of pyridine rings is 1. The first-order chi connectivity index (χ1) is 7.41. The average Bonchev–Trinajstić information content (AvgIpc) is 2.91. The molecule has 3 nitrogen and oxygen atoms in total. The Balaban J connectivity index is 0.000000963. The maximum atomic E-state index is 4.22. The zero-order valence-electron chi connectivity index (χ0n) is 10.2. The van der Waals surface area contributed by atoms with Crippen LogP contribution in [0, 0.1) is 0 Å². The molecular formula is C12H20Cl3N3. The Labute approximate surface area is 127 Å². The number of aromatic nitrogens is 1. The summed E-state index contributed by atoms with van der Waals surface area (Å²) in [6, 6.07) is 4.21. The van der Waals surface area contributed by atoms with Crippen molar-refractivity contribution in [1.29, 1.82) is 0 Å². The van der Waals surface area contributed by atoms with Gasteiger partial charge in [0.15, 0.2) is 0 Å². The number of hydrogen-bond donors (Lipinski definition) is 1. The molecule has 3 rings (SSSR count). The highest BCUT2D eigenvalue weighted by molar-refractivity contribution is 5.86. The van der Waals surface area contributed by atoms with E-state index in [0.717, 1.165) is 13.1 Å². The van der Waals surface area contributed by atoms with Crippen LogP contribution in [0.1, 0.15) is 19.3 Å². The second kappa shape index (κ2) is 7.39. The average molecular weight is 313 g/mol. The van der Waals surface area contributed by atoms with E-state index in [4.69, 9.17) is 0 Å². The molecule has 0 aromatic carbocycles. The summed E-state index contributed by atoms with van der Waals surface area (Å²) in [7, 11) is 0. The molecule has 1 aromatic rings. The van der Waals surface area contributed by atoms with Crippen molar-refractivity contribution < 1.29 is 0 Å². The second-order valence-corrected chi connectivity index (χ2v) is 4.62. The summed E-state index contributed by atoms with van der Waals surface area (Å²) in [5.74, 6) is 0. The monoisotopic (exact) mass is 311 g/mol. The highest BCUT2D eigenvalue weighted by atomic mass is 35.5. The third kappa shape index (κ3) is 3.02. The van der Waals surface area contributed by atoms with Gasteiger partial charge in [-0.25, -0.2) is 0 Å². The SMILES string of the molecule is Cl.Cl.Cl.c1cncc(N2CCCC23CCNC3)c1. The van der Waals surface area contributed by atoms with Gasteiger partial charge < -0.3 is 10.2 Å². The molecule has 1 atom stereocenters. The molecule has 2 saturated heterocycles. The molecule has 104 valence electrons. The van der Waals surface area contributed by atoms with Gasteiger partial charge in [0.1, 0.15) is 0 Å². The highest BCUT2D eigenvalue weighted by Gasteiger charge is 2.42. The lowest BCUT2D eigenvalue weighted by molar-refractivity contribution is 0.466. The molecule has 0 amide bonds. The predicted octanol–water partition coefficient (Wildman–Crippen LogP) is 2.68. The van der Waals surface area contributed by atoms with Crippen LogP contribution in [0.2, 0.25) is 0 Å². The van der Waals surface area contributed by atoms with Crippen molar-refractivity contribution >= 4 is 42.9 Å². The van der Waals surface area contributed by atoms with Crippen molar-refractivity contribution in [3.8, 4) is 0 Å². The molecular weight excluding hydrogens is 293 g/mol. The van der Waals surface area contributed by atoms with E-state index in [2.05, 4.69) is 21.3 Å². The Kier molecular flexibility index (Phi) is 7.30. The molecule has 1 aromatic heterocycles. The van der Waals surface area contributed by atoms with Crippen LogP contribution in [0.3, 0.4) is 0 Å².